The van der Waals surface area contributed by atoms with Crippen LogP contribution in [-0.4, -0.2) is 58.6 Å². The number of hydrogen-bond acceptors (Lipinski definition) is 5. The number of benzene rings is 2. The average molecular weight is 461 g/mol. The number of aromatic nitrogens is 3. The predicted octanol–water partition coefficient (Wildman–Crippen LogP) is 3.73. The van der Waals surface area contributed by atoms with E-state index in [2.05, 4.69) is 44.4 Å². The number of fused-ring (bicyclic) bond motifs is 1. The molecule has 1 N–H and O–H groups in total. The van der Waals surface area contributed by atoms with Gasteiger partial charge in [-0.15, -0.1) is 0 Å². The molecule has 3 heterocycles. The number of amides is 1. The van der Waals surface area contributed by atoms with Crippen LogP contribution in [0.2, 0.25) is 5.02 Å². The molecule has 1 fully saturated rings. The first-order valence-electron chi connectivity index (χ1n) is 11.0. The molecule has 33 heavy (non-hydrogen) atoms. The normalized spacial score (nSPS) is 14.5. The number of hydrogen-bond donors (Lipinski definition) is 1. The van der Waals surface area contributed by atoms with E-state index >= 15 is 0 Å². The van der Waals surface area contributed by atoms with E-state index in [0.29, 0.717) is 22.9 Å². The van der Waals surface area contributed by atoms with Crippen molar-refractivity contribution >= 4 is 28.8 Å². The van der Waals surface area contributed by atoms with Crippen LogP contribution in [0.5, 0.6) is 0 Å². The van der Waals surface area contributed by atoms with E-state index in [1.807, 2.05) is 36.4 Å². The van der Waals surface area contributed by atoms with Gasteiger partial charge in [0.05, 0.1) is 6.20 Å². The van der Waals surface area contributed by atoms with Crippen LogP contribution in [0.15, 0.2) is 67.0 Å². The SMILES string of the molecule is CN1CCN(c2ccccc2CNC(=O)c2ccn3ncc(-c4cccc(Cl)c4)c3n2)CC1. The highest BCUT2D eigenvalue weighted by atomic mass is 35.5. The minimum Gasteiger partial charge on any atom is -0.369 e. The zero-order valence-electron chi connectivity index (χ0n) is 18.4. The topological polar surface area (TPSA) is 65.8 Å². The number of carbonyl (C=O) groups is 1. The van der Waals surface area contributed by atoms with Crippen molar-refractivity contribution in [1.82, 2.24) is 24.8 Å². The van der Waals surface area contributed by atoms with Gasteiger partial charge >= 0.3 is 0 Å². The molecule has 0 radical (unpaired) electrons. The lowest BCUT2D eigenvalue weighted by molar-refractivity contribution is 0.0946. The van der Waals surface area contributed by atoms with Crippen LogP contribution >= 0.6 is 11.6 Å². The Labute approximate surface area is 197 Å². The summed E-state index contributed by atoms with van der Waals surface area (Å²) in [5, 5.41) is 8.04. The quantitative estimate of drug-likeness (QED) is 0.491. The molecule has 5 rings (SSSR count). The van der Waals surface area contributed by atoms with E-state index in [9.17, 15) is 4.79 Å². The Balaban J connectivity index is 1.35. The van der Waals surface area contributed by atoms with E-state index < -0.39 is 0 Å². The fourth-order valence-corrected chi connectivity index (χ4v) is 4.33. The van der Waals surface area contributed by atoms with Crippen LogP contribution < -0.4 is 10.2 Å². The second-order valence-electron chi connectivity index (χ2n) is 8.25. The van der Waals surface area contributed by atoms with E-state index in [-0.39, 0.29) is 5.91 Å². The van der Waals surface area contributed by atoms with Crippen molar-refractivity contribution in [3.8, 4) is 11.1 Å². The molecule has 0 atom stereocenters. The van der Waals surface area contributed by atoms with Crippen molar-refractivity contribution in [2.24, 2.45) is 0 Å². The summed E-state index contributed by atoms with van der Waals surface area (Å²) in [6, 6.07) is 17.5. The summed E-state index contributed by atoms with van der Waals surface area (Å²) in [4.78, 5) is 22.3. The Morgan fingerprint density at radius 1 is 1.06 bits per heavy atom. The lowest BCUT2D eigenvalue weighted by atomic mass is 10.1. The van der Waals surface area contributed by atoms with E-state index in [1.54, 1.807) is 23.0 Å². The van der Waals surface area contributed by atoms with Gasteiger partial charge in [-0.25, -0.2) is 9.50 Å². The van der Waals surface area contributed by atoms with Crippen molar-refractivity contribution in [3.63, 3.8) is 0 Å². The Hall–Kier alpha value is -3.42. The second kappa shape index (κ2) is 9.21. The number of likely N-dealkylation sites (N-methyl/N-ethyl adjacent to an activating group) is 1. The summed E-state index contributed by atoms with van der Waals surface area (Å²) in [6.07, 6.45) is 3.49. The Morgan fingerprint density at radius 2 is 1.88 bits per heavy atom. The lowest BCUT2D eigenvalue weighted by Gasteiger charge is -2.35. The average Bonchev–Trinajstić information content (AvgIpc) is 3.27. The summed E-state index contributed by atoms with van der Waals surface area (Å²) < 4.78 is 1.66. The van der Waals surface area contributed by atoms with Gasteiger partial charge in [-0.2, -0.15) is 5.10 Å². The van der Waals surface area contributed by atoms with Gasteiger partial charge in [0.25, 0.3) is 5.91 Å². The minimum absolute atomic E-state index is 0.219. The lowest BCUT2D eigenvalue weighted by Crippen LogP contribution is -2.45. The van der Waals surface area contributed by atoms with Crippen molar-refractivity contribution in [1.29, 1.82) is 0 Å². The first-order chi connectivity index (χ1) is 16.1. The summed E-state index contributed by atoms with van der Waals surface area (Å²) in [6.45, 7) is 4.46. The van der Waals surface area contributed by atoms with Crippen LogP contribution in [0.4, 0.5) is 5.69 Å². The third-order valence-electron chi connectivity index (χ3n) is 6.01. The highest BCUT2D eigenvalue weighted by Crippen LogP contribution is 2.26. The van der Waals surface area contributed by atoms with Gasteiger partial charge in [-0.05, 0) is 42.4 Å². The second-order valence-corrected chi connectivity index (χ2v) is 8.69. The Morgan fingerprint density at radius 3 is 2.70 bits per heavy atom. The molecule has 1 aliphatic rings. The van der Waals surface area contributed by atoms with Crippen molar-refractivity contribution < 1.29 is 4.79 Å². The highest BCUT2D eigenvalue weighted by Gasteiger charge is 2.18. The first-order valence-corrected chi connectivity index (χ1v) is 11.4. The minimum atomic E-state index is -0.219. The maximum absolute atomic E-state index is 13.0. The first kappa shape index (κ1) is 21.4. The van der Waals surface area contributed by atoms with Gasteiger partial charge in [-0.1, -0.05) is 41.9 Å². The summed E-state index contributed by atoms with van der Waals surface area (Å²) in [5.41, 5.74) is 4.97. The zero-order chi connectivity index (χ0) is 22.8. The number of piperazine rings is 1. The van der Waals surface area contributed by atoms with Crippen molar-refractivity contribution in [2.45, 2.75) is 6.54 Å². The van der Waals surface area contributed by atoms with E-state index in [1.165, 1.54) is 5.69 Å². The van der Waals surface area contributed by atoms with Gasteiger partial charge in [0, 0.05) is 55.2 Å². The van der Waals surface area contributed by atoms with Crippen LogP contribution in [0.1, 0.15) is 16.1 Å². The molecule has 7 nitrogen and oxygen atoms in total. The Bertz CT molecular complexity index is 1300. The van der Waals surface area contributed by atoms with Crippen molar-refractivity contribution in [3.05, 3.63) is 83.3 Å². The van der Waals surface area contributed by atoms with Gasteiger partial charge in [0.15, 0.2) is 5.65 Å². The van der Waals surface area contributed by atoms with Gasteiger partial charge in [0.2, 0.25) is 0 Å². The molecule has 2 aromatic heterocycles. The number of nitrogens with zero attached hydrogens (tertiary/aromatic N) is 5. The molecule has 2 aromatic carbocycles. The molecule has 0 saturated carbocycles. The van der Waals surface area contributed by atoms with Crippen LogP contribution in [0.25, 0.3) is 16.8 Å². The highest BCUT2D eigenvalue weighted by molar-refractivity contribution is 6.30. The zero-order valence-corrected chi connectivity index (χ0v) is 19.2. The molecule has 0 spiro atoms. The largest absolute Gasteiger partial charge is 0.369 e. The molecular formula is C25H25ClN6O. The fraction of sp³-hybridized carbons (Fsp3) is 0.240. The molecule has 0 unspecified atom stereocenters. The number of carbonyl (C=O) groups excluding carboxylic acids is 1. The fourth-order valence-electron chi connectivity index (χ4n) is 4.14. The molecule has 1 aliphatic heterocycles. The number of anilines is 1. The third-order valence-corrected chi connectivity index (χ3v) is 6.25. The van der Waals surface area contributed by atoms with Crippen molar-refractivity contribution in [2.75, 3.05) is 38.1 Å². The maximum Gasteiger partial charge on any atom is 0.270 e. The number of rotatable bonds is 5. The van der Waals surface area contributed by atoms with E-state index in [4.69, 9.17) is 11.6 Å². The maximum atomic E-state index is 13.0. The smallest absolute Gasteiger partial charge is 0.270 e. The van der Waals surface area contributed by atoms with Crippen LogP contribution in [-0.2, 0) is 6.54 Å². The van der Waals surface area contributed by atoms with Gasteiger partial charge < -0.3 is 15.1 Å². The van der Waals surface area contributed by atoms with Crippen LogP contribution in [0, 0.1) is 0 Å². The molecule has 1 amide bonds. The number of nitrogens with one attached hydrogen (secondary N) is 1. The Kier molecular flexibility index (Phi) is 5.98. The van der Waals surface area contributed by atoms with Gasteiger partial charge in [-0.3, -0.25) is 4.79 Å². The predicted molar refractivity (Wildman–Crippen MR) is 131 cm³/mol. The summed E-state index contributed by atoms with van der Waals surface area (Å²) in [7, 11) is 2.14. The van der Waals surface area contributed by atoms with E-state index in [0.717, 1.165) is 42.9 Å². The molecule has 8 heteroatoms. The molecule has 1 saturated heterocycles. The number of para-hydroxylation sites is 1. The third kappa shape index (κ3) is 4.55. The van der Waals surface area contributed by atoms with Crippen LogP contribution in [0.3, 0.4) is 0 Å². The number of halogens is 1. The summed E-state index contributed by atoms with van der Waals surface area (Å²) in [5.74, 6) is -0.219. The standard InChI is InChI=1S/C25H25ClN6O/c1-30-11-13-31(14-12-30)23-8-3-2-5-19(23)16-27-25(33)22-9-10-32-24(29-22)21(17-28-32)18-6-4-7-20(26)15-18/h2-10,15,17H,11-14,16H2,1H3,(H,27,33). The summed E-state index contributed by atoms with van der Waals surface area (Å²) >= 11 is 6.15. The monoisotopic (exact) mass is 460 g/mol. The molecule has 0 aliphatic carbocycles. The molecule has 168 valence electrons. The molecule has 0 bridgehead atoms. The molecular weight excluding hydrogens is 436 g/mol. The molecule has 4 aromatic rings. The van der Waals surface area contributed by atoms with Gasteiger partial charge in [0.1, 0.15) is 5.69 Å².